The first-order chi connectivity index (χ1) is 13.0. The number of esters is 1. The molecule has 3 aromatic rings. The number of Topliss-reactive ketones (excluding diaryl/α,β-unsaturated/α-hetero) is 1. The van der Waals surface area contributed by atoms with Gasteiger partial charge in [0.25, 0.3) is 0 Å². The first-order valence-electron chi connectivity index (χ1n) is 8.11. The molecule has 1 N–H and O–H groups in total. The molecule has 0 aromatic heterocycles. The van der Waals surface area contributed by atoms with E-state index in [-0.39, 0.29) is 11.1 Å². The number of anilines is 2. The van der Waals surface area contributed by atoms with Crippen LogP contribution >= 0.6 is 0 Å². The maximum absolute atomic E-state index is 13.2. The molecule has 0 saturated heterocycles. The van der Waals surface area contributed by atoms with E-state index < -0.39 is 30.0 Å². The van der Waals surface area contributed by atoms with Gasteiger partial charge in [-0.05, 0) is 42.5 Å². The van der Waals surface area contributed by atoms with Crippen LogP contribution in [-0.4, -0.2) is 18.4 Å². The molecule has 0 saturated carbocycles. The highest BCUT2D eigenvalue weighted by Crippen LogP contribution is 2.21. The summed E-state index contributed by atoms with van der Waals surface area (Å²) in [4.78, 5) is 24.4. The van der Waals surface area contributed by atoms with Crippen LogP contribution in [0.5, 0.6) is 0 Å². The van der Waals surface area contributed by atoms with Crippen LogP contribution in [-0.2, 0) is 4.74 Å². The second-order valence-electron chi connectivity index (χ2n) is 5.66. The molecule has 136 valence electrons. The Morgan fingerprint density at radius 1 is 0.852 bits per heavy atom. The zero-order valence-corrected chi connectivity index (χ0v) is 14.1. The molecule has 3 aromatic carbocycles. The minimum atomic E-state index is -1.13. The van der Waals surface area contributed by atoms with Gasteiger partial charge in [-0.2, -0.15) is 0 Å². The standard InChI is InChI=1S/C21H15F2NO3/c22-17-11-10-14(12-18(17)23)20(25)13-27-21(26)16-8-4-5-9-19(16)24-15-6-2-1-3-7-15/h1-12,24H,13H2. The number of carbonyl (C=O) groups is 2. The summed E-state index contributed by atoms with van der Waals surface area (Å²) in [5.74, 6) is -3.52. The summed E-state index contributed by atoms with van der Waals surface area (Å²) in [7, 11) is 0. The lowest BCUT2D eigenvalue weighted by atomic mass is 10.1. The molecule has 0 spiro atoms. The largest absolute Gasteiger partial charge is 0.454 e. The Bertz CT molecular complexity index is 974. The predicted molar refractivity (Wildman–Crippen MR) is 97.1 cm³/mol. The van der Waals surface area contributed by atoms with Gasteiger partial charge in [0.05, 0.1) is 11.3 Å². The number of benzene rings is 3. The molecular weight excluding hydrogens is 352 g/mol. The van der Waals surface area contributed by atoms with Crippen LogP contribution in [0.3, 0.4) is 0 Å². The molecular formula is C21H15F2NO3. The number of halogens is 2. The number of para-hydroxylation sites is 2. The third-order valence-electron chi connectivity index (χ3n) is 3.78. The third-order valence-corrected chi connectivity index (χ3v) is 3.78. The average molecular weight is 367 g/mol. The summed E-state index contributed by atoms with van der Waals surface area (Å²) in [6, 6.07) is 18.7. The summed E-state index contributed by atoms with van der Waals surface area (Å²) in [5.41, 5.74) is 1.49. The molecule has 3 rings (SSSR count). The van der Waals surface area contributed by atoms with Gasteiger partial charge in [-0.15, -0.1) is 0 Å². The van der Waals surface area contributed by atoms with Crippen molar-refractivity contribution in [2.24, 2.45) is 0 Å². The molecule has 0 fully saturated rings. The average Bonchev–Trinajstić information content (AvgIpc) is 2.69. The van der Waals surface area contributed by atoms with E-state index in [2.05, 4.69) is 5.32 Å². The van der Waals surface area contributed by atoms with Crippen LogP contribution in [0.2, 0.25) is 0 Å². The van der Waals surface area contributed by atoms with E-state index in [1.807, 2.05) is 30.3 Å². The van der Waals surface area contributed by atoms with Crippen LogP contribution in [0.15, 0.2) is 72.8 Å². The summed E-state index contributed by atoms with van der Waals surface area (Å²) in [6.07, 6.45) is 0. The molecule has 27 heavy (non-hydrogen) atoms. The number of ether oxygens (including phenoxy) is 1. The number of ketones is 1. The monoisotopic (exact) mass is 367 g/mol. The van der Waals surface area contributed by atoms with Crippen molar-refractivity contribution in [3.63, 3.8) is 0 Å². The van der Waals surface area contributed by atoms with E-state index in [1.165, 1.54) is 0 Å². The van der Waals surface area contributed by atoms with Gasteiger partial charge in [0.15, 0.2) is 24.0 Å². The first kappa shape index (κ1) is 18.3. The van der Waals surface area contributed by atoms with E-state index in [1.54, 1.807) is 24.3 Å². The Hall–Kier alpha value is -3.54. The van der Waals surface area contributed by atoms with E-state index in [4.69, 9.17) is 4.74 Å². The van der Waals surface area contributed by atoms with Crippen molar-refractivity contribution in [3.8, 4) is 0 Å². The molecule has 0 unspecified atom stereocenters. The SMILES string of the molecule is O=C(COC(=O)c1ccccc1Nc1ccccc1)c1ccc(F)c(F)c1. The highest BCUT2D eigenvalue weighted by Gasteiger charge is 2.16. The Kier molecular flexibility index (Phi) is 5.56. The normalized spacial score (nSPS) is 10.3. The van der Waals surface area contributed by atoms with Gasteiger partial charge in [0, 0.05) is 11.3 Å². The predicted octanol–water partition coefficient (Wildman–Crippen LogP) is 4.75. The van der Waals surface area contributed by atoms with Crippen LogP contribution in [0.25, 0.3) is 0 Å². The fourth-order valence-electron chi connectivity index (χ4n) is 2.41. The second-order valence-corrected chi connectivity index (χ2v) is 5.66. The molecule has 0 heterocycles. The molecule has 0 radical (unpaired) electrons. The van der Waals surface area contributed by atoms with Gasteiger partial charge < -0.3 is 10.1 Å². The summed E-state index contributed by atoms with van der Waals surface area (Å²) in [5, 5.41) is 3.11. The molecule has 6 heteroatoms. The van der Waals surface area contributed by atoms with E-state index in [0.717, 1.165) is 23.9 Å². The van der Waals surface area contributed by atoms with Crippen LogP contribution in [0.1, 0.15) is 20.7 Å². The van der Waals surface area contributed by atoms with Crippen molar-refractivity contribution in [2.75, 3.05) is 11.9 Å². The quantitative estimate of drug-likeness (QED) is 0.505. The number of hydrogen-bond donors (Lipinski definition) is 1. The van der Waals surface area contributed by atoms with Gasteiger partial charge in [0.1, 0.15) is 0 Å². The van der Waals surface area contributed by atoms with Crippen molar-refractivity contribution in [1.29, 1.82) is 0 Å². The topological polar surface area (TPSA) is 55.4 Å². The third kappa shape index (κ3) is 4.55. The highest BCUT2D eigenvalue weighted by atomic mass is 19.2. The lowest BCUT2D eigenvalue weighted by molar-refractivity contribution is 0.0475. The summed E-state index contributed by atoms with van der Waals surface area (Å²) >= 11 is 0. The Morgan fingerprint density at radius 3 is 2.30 bits per heavy atom. The zero-order chi connectivity index (χ0) is 19.2. The smallest absolute Gasteiger partial charge is 0.340 e. The molecule has 0 bridgehead atoms. The van der Waals surface area contributed by atoms with Crippen molar-refractivity contribution < 1.29 is 23.1 Å². The number of hydrogen-bond acceptors (Lipinski definition) is 4. The van der Waals surface area contributed by atoms with E-state index in [0.29, 0.717) is 5.69 Å². The van der Waals surface area contributed by atoms with Gasteiger partial charge >= 0.3 is 5.97 Å². The van der Waals surface area contributed by atoms with Crippen molar-refractivity contribution >= 4 is 23.1 Å². The molecule has 0 aliphatic rings. The minimum Gasteiger partial charge on any atom is -0.454 e. The Morgan fingerprint density at radius 2 is 1.56 bits per heavy atom. The zero-order valence-electron chi connectivity index (χ0n) is 14.1. The van der Waals surface area contributed by atoms with Crippen LogP contribution in [0.4, 0.5) is 20.2 Å². The van der Waals surface area contributed by atoms with E-state index in [9.17, 15) is 18.4 Å². The summed E-state index contributed by atoms with van der Waals surface area (Å²) < 4.78 is 31.2. The summed E-state index contributed by atoms with van der Waals surface area (Å²) in [6.45, 7) is -0.580. The van der Waals surface area contributed by atoms with Gasteiger partial charge in [-0.1, -0.05) is 30.3 Å². The number of nitrogens with one attached hydrogen (secondary N) is 1. The fourth-order valence-corrected chi connectivity index (χ4v) is 2.41. The lowest BCUT2D eigenvalue weighted by Crippen LogP contribution is -2.15. The van der Waals surface area contributed by atoms with Crippen LogP contribution in [0, 0.1) is 11.6 Å². The van der Waals surface area contributed by atoms with Crippen molar-refractivity contribution in [2.45, 2.75) is 0 Å². The van der Waals surface area contributed by atoms with Gasteiger partial charge in [-0.3, -0.25) is 4.79 Å². The molecule has 0 atom stereocenters. The van der Waals surface area contributed by atoms with Crippen molar-refractivity contribution in [3.05, 3.63) is 95.6 Å². The maximum atomic E-state index is 13.2. The van der Waals surface area contributed by atoms with E-state index >= 15 is 0 Å². The Balaban J connectivity index is 1.69. The molecule has 0 aliphatic carbocycles. The maximum Gasteiger partial charge on any atom is 0.340 e. The van der Waals surface area contributed by atoms with Gasteiger partial charge in [-0.25, -0.2) is 13.6 Å². The number of rotatable bonds is 6. The minimum absolute atomic E-state index is 0.0719. The highest BCUT2D eigenvalue weighted by molar-refractivity contribution is 6.01. The molecule has 0 aliphatic heterocycles. The second kappa shape index (κ2) is 8.23. The molecule has 0 amide bonds. The van der Waals surface area contributed by atoms with Crippen molar-refractivity contribution in [1.82, 2.24) is 0 Å². The molecule has 4 nitrogen and oxygen atoms in total. The fraction of sp³-hybridized carbons (Fsp3) is 0.0476. The first-order valence-corrected chi connectivity index (χ1v) is 8.11. The number of carbonyl (C=O) groups excluding carboxylic acids is 2. The van der Waals surface area contributed by atoms with Gasteiger partial charge in [0.2, 0.25) is 0 Å². The Labute approximate surface area is 154 Å². The van der Waals surface area contributed by atoms with Crippen LogP contribution < -0.4 is 5.32 Å². The lowest BCUT2D eigenvalue weighted by Gasteiger charge is -2.11.